The van der Waals surface area contributed by atoms with Gasteiger partial charge in [0.15, 0.2) is 5.41 Å². The second-order valence-corrected chi connectivity index (χ2v) is 5.32. The number of carbonyl (C=O) groups excluding carboxylic acids is 1. The first-order chi connectivity index (χ1) is 10.1. The van der Waals surface area contributed by atoms with Gasteiger partial charge in [-0.15, -0.1) is 0 Å². The van der Waals surface area contributed by atoms with E-state index in [0.717, 1.165) is 17.0 Å². The lowest BCUT2D eigenvalue weighted by Gasteiger charge is -2.27. The molecule has 1 atom stereocenters. The van der Waals surface area contributed by atoms with Gasteiger partial charge in [0.05, 0.1) is 0 Å². The van der Waals surface area contributed by atoms with Crippen molar-refractivity contribution in [3.63, 3.8) is 0 Å². The molecule has 0 bridgehead atoms. The molecule has 0 radical (unpaired) electrons. The van der Waals surface area contributed by atoms with E-state index in [0.29, 0.717) is 5.56 Å². The van der Waals surface area contributed by atoms with E-state index in [2.05, 4.69) is 0 Å². The lowest BCUT2D eigenvalue weighted by atomic mass is 9.86. The van der Waals surface area contributed by atoms with Crippen LogP contribution in [-0.4, -0.2) is 41.1 Å². The molecule has 0 spiro atoms. The van der Waals surface area contributed by atoms with E-state index in [1.165, 1.54) is 13.0 Å². The van der Waals surface area contributed by atoms with Crippen molar-refractivity contribution in [1.29, 1.82) is 0 Å². The number of carbonyl (C=O) groups is 2. The topological polar surface area (TPSA) is 57.6 Å². The number of rotatable bonds is 2. The third-order valence-electron chi connectivity index (χ3n) is 3.94. The van der Waals surface area contributed by atoms with Crippen LogP contribution in [0.4, 0.5) is 17.6 Å². The molecule has 1 aromatic carbocycles. The summed E-state index contributed by atoms with van der Waals surface area (Å²) in [6, 6.07) is 3.41. The maximum absolute atomic E-state index is 13.2. The highest BCUT2D eigenvalue weighted by Gasteiger charge is 2.64. The summed E-state index contributed by atoms with van der Waals surface area (Å²) < 4.78 is 52.4. The molecule has 1 fully saturated rings. The molecule has 8 heteroatoms. The average molecular weight is 319 g/mol. The Morgan fingerprint density at radius 2 is 1.95 bits per heavy atom. The zero-order chi connectivity index (χ0) is 16.7. The van der Waals surface area contributed by atoms with Crippen LogP contribution in [-0.2, 0) is 4.79 Å². The van der Waals surface area contributed by atoms with Crippen LogP contribution in [0.15, 0.2) is 18.2 Å². The van der Waals surface area contributed by atoms with Crippen LogP contribution in [0.25, 0.3) is 0 Å². The third-order valence-corrected chi connectivity index (χ3v) is 3.94. The first-order valence-electron chi connectivity index (χ1n) is 6.44. The minimum Gasteiger partial charge on any atom is -0.481 e. The van der Waals surface area contributed by atoms with Gasteiger partial charge < -0.3 is 10.0 Å². The zero-order valence-electron chi connectivity index (χ0n) is 11.6. The molecule has 1 aliphatic heterocycles. The molecule has 1 amide bonds. The maximum atomic E-state index is 13.2. The number of aliphatic carboxylic acids is 1. The van der Waals surface area contributed by atoms with Crippen LogP contribution < -0.4 is 0 Å². The SMILES string of the molecule is Cc1ccc(F)cc1C(=O)N1CCC(C(=O)O)(C(F)(F)F)C1. The van der Waals surface area contributed by atoms with Gasteiger partial charge in [-0.2, -0.15) is 13.2 Å². The fourth-order valence-corrected chi connectivity index (χ4v) is 2.51. The first-order valence-corrected chi connectivity index (χ1v) is 6.44. The molecular weight excluding hydrogens is 306 g/mol. The average Bonchev–Trinajstić information content (AvgIpc) is 2.87. The van der Waals surface area contributed by atoms with E-state index < -0.39 is 42.3 Å². The summed E-state index contributed by atoms with van der Waals surface area (Å²) >= 11 is 0. The highest BCUT2D eigenvalue weighted by Crippen LogP contribution is 2.46. The first kappa shape index (κ1) is 16.3. The number of alkyl halides is 3. The monoisotopic (exact) mass is 319 g/mol. The fourth-order valence-electron chi connectivity index (χ4n) is 2.51. The van der Waals surface area contributed by atoms with Gasteiger partial charge in [-0.25, -0.2) is 4.39 Å². The Morgan fingerprint density at radius 1 is 1.32 bits per heavy atom. The minimum atomic E-state index is -4.97. The third kappa shape index (κ3) is 2.53. The van der Waals surface area contributed by atoms with Crippen LogP contribution in [0.3, 0.4) is 0 Å². The molecule has 4 nitrogen and oxygen atoms in total. The van der Waals surface area contributed by atoms with Gasteiger partial charge >= 0.3 is 12.1 Å². The number of aryl methyl sites for hydroxylation is 1. The Morgan fingerprint density at radius 3 is 2.45 bits per heavy atom. The Kier molecular flexibility index (Phi) is 3.88. The van der Waals surface area contributed by atoms with E-state index >= 15 is 0 Å². The van der Waals surface area contributed by atoms with E-state index in [1.807, 2.05) is 0 Å². The van der Waals surface area contributed by atoms with Gasteiger partial charge in [0.25, 0.3) is 5.91 Å². The highest BCUT2D eigenvalue weighted by molar-refractivity contribution is 5.96. The molecule has 0 saturated carbocycles. The molecule has 1 N–H and O–H groups in total. The molecule has 22 heavy (non-hydrogen) atoms. The molecule has 0 aromatic heterocycles. The van der Waals surface area contributed by atoms with Gasteiger partial charge in [-0.05, 0) is 31.0 Å². The quantitative estimate of drug-likeness (QED) is 0.853. The number of hydrogen-bond acceptors (Lipinski definition) is 2. The summed E-state index contributed by atoms with van der Waals surface area (Å²) in [4.78, 5) is 24.1. The predicted molar refractivity (Wildman–Crippen MR) is 67.8 cm³/mol. The molecule has 120 valence electrons. The Balaban J connectivity index is 2.31. The van der Waals surface area contributed by atoms with Crippen molar-refractivity contribution < 1.29 is 32.3 Å². The molecule has 1 heterocycles. The van der Waals surface area contributed by atoms with Crippen molar-refractivity contribution in [2.45, 2.75) is 19.5 Å². The van der Waals surface area contributed by atoms with Gasteiger partial charge in [-0.3, -0.25) is 9.59 Å². The lowest BCUT2D eigenvalue weighted by molar-refractivity contribution is -0.227. The summed E-state index contributed by atoms with van der Waals surface area (Å²) in [6.45, 7) is 0.207. The normalized spacial score (nSPS) is 22.0. The number of nitrogens with zero attached hydrogens (tertiary/aromatic N) is 1. The van der Waals surface area contributed by atoms with Crippen LogP contribution in [0, 0.1) is 18.2 Å². The lowest BCUT2D eigenvalue weighted by Crippen LogP contribution is -2.47. The molecule has 1 saturated heterocycles. The largest absolute Gasteiger partial charge is 0.481 e. The number of hydrogen-bond donors (Lipinski definition) is 1. The number of carboxylic acids is 1. The second-order valence-electron chi connectivity index (χ2n) is 5.32. The van der Waals surface area contributed by atoms with Gasteiger partial charge in [0.2, 0.25) is 0 Å². The van der Waals surface area contributed by atoms with Crippen LogP contribution in [0.1, 0.15) is 22.3 Å². The van der Waals surface area contributed by atoms with E-state index in [9.17, 15) is 27.2 Å². The summed E-state index contributed by atoms with van der Waals surface area (Å²) in [5.74, 6) is -3.50. The Hall–Kier alpha value is -2.12. The molecular formula is C14H13F4NO3. The van der Waals surface area contributed by atoms with E-state index in [-0.39, 0.29) is 12.1 Å². The number of halogens is 4. The molecule has 1 aliphatic rings. The predicted octanol–water partition coefficient (Wildman–Crippen LogP) is 2.61. The standard InChI is InChI=1S/C14H13F4NO3/c1-8-2-3-9(15)6-10(8)11(20)19-5-4-13(7-19,12(21)22)14(16,17)18/h2-3,6H,4-5,7H2,1H3,(H,21,22). The van der Waals surface area contributed by atoms with Crippen molar-refractivity contribution in [3.8, 4) is 0 Å². The summed E-state index contributed by atoms with van der Waals surface area (Å²) in [5.41, 5.74) is -2.63. The van der Waals surface area contributed by atoms with Crippen LogP contribution in [0.2, 0.25) is 0 Å². The maximum Gasteiger partial charge on any atom is 0.406 e. The Labute approximate surface area is 123 Å². The molecule has 2 rings (SSSR count). The molecule has 1 aromatic rings. The molecule has 1 unspecified atom stereocenters. The summed E-state index contributed by atoms with van der Waals surface area (Å²) in [5, 5.41) is 8.95. The van der Waals surface area contributed by atoms with Crippen molar-refractivity contribution in [1.82, 2.24) is 4.90 Å². The number of benzene rings is 1. The van der Waals surface area contributed by atoms with Gasteiger partial charge in [-0.1, -0.05) is 6.07 Å². The van der Waals surface area contributed by atoms with Crippen molar-refractivity contribution in [3.05, 3.63) is 35.1 Å². The van der Waals surface area contributed by atoms with Crippen molar-refractivity contribution >= 4 is 11.9 Å². The Bertz CT molecular complexity index is 629. The summed E-state index contributed by atoms with van der Waals surface area (Å²) in [7, 11) is 0. The fraction of sp³-hybridized carbons (Fsp3) is 0.429. The summed E-state index contributed by atoms with van der Waals surface area (Å²) in [6.07, 6.45) is -5.68. The zero-order valence-corrected chi connectivity index (χ0v) is 11.6. The second kappa shape index (κ2) is 5.26. The van der Waals surface area contributed by atoms with Gasteiger partial charge in [0.1, 0.15) is 5.82 Å². The minimum absolute atomic E-state index is 0.0663. The van der Waals surface area contributed by atoms with Gasteiger partial charge in [0, 0.05) is 18.7 Å². The van der Waals surface area contributed by atoms with Crippen molar-refractivity contribution in [2.75, 3.05) is 13.1 Å². The van der Waals surface area contributed by atoms with Crippen LogP contribution >= 0.6 is 0 Å². The number of amides is 1. The molecule has 0 aliphatic carbocycles. The highest BCUT2D eigenvalue weighted by atomic mass is 19.4. The smallest absolute Gasteiger partial charge is 0.406 e. The van der Waals surface area contributed by atoms with E-state index in [4.69, 9.17) is 5.11 Å². The number of carboxylic acid groups (broad SMARTS) is 1. The van der Waals surface area contributed by atoms with E-state index in [1.54, 1.807) is 0 Å². The van der Waals surface area contributed by atoms with Crippen molar-refractivity contribution in [2.24, 2.45) is 5.41 Å². The number of likely N-dealkylation sites (tertiary alicyclic amines) is 1. The van der Waals surface area contributed by atoms with Crippen LogP contribution in [0.5, 0.6) is 0 Å².